The Labute approximate surface area is 160 Å². The molecule has 2 heterocycles. The standard InChI is InChI=1S/C20H31N5O2/c1-13(2)25-11-14-16(23-25)8-7-15(21)17(14)24-10-9-20(6,12-24)22-18(26)27-19(3,4)5/h7-8,11,13H,9-10,12,21H2,1-6H3,(H,22,26)/t20-/m1/s1. The Kier molecular flexibility index (Phi) is 4.74. The molecule has 3 rings (SSSR count). The molecular formula is C20H31N5O2. The van der Waals surface area contributed by atoms with E-state index < -0.39 is 5.60 Å². The molecule has 3 N–H and O–H groups in total. The molecule has 0 aliphatic carbocycles. The number of fused-ring (bicyclic) bond motifs is 1. The van der Waals surface area contributed by atoms with Crippen molar-refractivity contribution in [2.45, 2.75) is 65.1 Å². The van der Waals surface area contributed by atoms with Crippen LogP contribution < -0.4 is 16.0 Å². The molecule has 1 amide bonds. The molecule has 1 aromatic carbocycles. The first-order valence-corrected chi connectivity index (χ1v) is 9.51. The van der Waals surface area contributed by atoms with E-state index >= 15 is 0 Å². The van der Waals surface area contributed by atoms with Crippen molar-refractivity contribution in [3.8, 4) is 0 Å². The van der Waals surface area contributed by atoms with E-state index in [2.05, 4.69) is 35.4 Å². The topological polar surface area (TPSA) is 85.4 Å². The highest BCUT2D eigenvalue weighted by molar-refractivity contribution is 5.98. The highest BCUT2D eigenvalue weighted by Gasteiger charge is 2.37. The van der Waals surface area contributed by atoms with Gasteiger partial charge in [-0.1, -0.05) is 0 Å². The minimum absolute atomic E-state index is 0.282. The molecule has 1 saturated heterocycles. The lowest BCUT2D eigenvalue weighted by atomic mass is 10.0. The fourth-order valence-electron chi connectivity index (χ4n) is 3.54. The summed E-state index contributed by atoms with van der Waals surface area (Å²) in [6.07, 6.45) is 2.49. The molecule has 1 fully saturated rings. The number of nitrogen functional groups attached to an aromatic ring is 1. The molecule has 27 heavy (non-hydrogen) atoms. The number of benzene rings is 1. The molecule has 0 radical (unpaired) electrons. The van der Waals surface area contributed by atoms with Crippen LogP contribution in [0.1, 0.15) is 54.0 Å². The van der Waals surface area contributed by atoms with Crippen molar-refractivity contribution in [3.05, 3.63) is 18.3 Å². The molecule has 0 bridgehead atoms. The van der Waals surface area contributed by atoms with Gasteiger partial charge in [0, 0.05) is 30.7 Å². The number of hydrogen-bond acceptors (Lipinski definition) is 5. The molecular weight excluding hydrogens is 342 g/mol. The second kappa shape index (κ2) is 6.62. The predicted molar refractivity (Wildman–Crippen MR) is 109 cm³/mol. The van der Waals surface area contributed by atoms with Crippen LogP contribution in [0.2, 0.25) is 0 Å². The zero-order valence-corrected chi connectivity index (χ0v) is 17.2. The number of carbonyl (C=O) groups is 1. The molecule has 1 atom stereocenters. The summed E-state index contributed by atoms with van der Waals surface area (Å²) >= 11 is 0. The lowest BCUT2D eigenvalue weighted by Crippen LogP contribution is -2.49. The predicted octanol–water partition coefficient (Wildman–Crippen LogP) is 3.69. The third-order valence-electron chi connectivity index (χ3n) is 4.83. The van der Waals surface area contributed by atoms with Crippen LogP contribution in [-0.2, 0) is 4.74 Å². The molecule has 1 aliphatic rings. The number of nitrogens with one attached hydrogen (secondary N) is 1. The van der Waals surface area contributed by atoms with Crippen molar-refractivity contribution < 1.29 is 9.53 Å². The number of amides is 1. The second-order valence-corrected chi connectivity index (χ2v) is 9.00. The number of nitrogens with two attached hydrogens (primary N) is 1. The van der Waals surface area contributed by atoms with E-state index in [9.17, 15) is 4.79 Å². The number of hydrogen-bond donors (Lipinski definition) is 2. The number of ether oxygens (including phenoxy) is 1. The van der Waals surface area contributed by atoms with Crippen LogP contribution >= 0.6 is 0 Å². The van der Waals surface area contributed by atoms with E-state index in [0.29, 0.717) is 6.54 Å². The van der Waals surface area contributed by atoms with Gasteiger partial charge in [-0.3, -0.25) is 4.68 Å². The van der Waals surface area contributed by atoms with Crippen LogP contribution in [0.4, 0.5) is 16.2 Å². The van der Waals surface area contributed by atoms with Gasteiger partial charge in [0.05, 0.1) is 22.4 Å². The summed E-state index contributed by atoms with van der Waals surface area (Å²) in [5.74, 6) is 0. The Balaban J connectivity index is 1.84. The van der Waals surface area contributed by atoms with Gasteiger partial charge in [-0.2, -0.15) is 5.10 Å². The summed E-state index contributed by atoms with van der Waals surface area (Å²) < 4.78 is 7.38. The summed E-state index contributed by atoms with van der Waals surface area (Å²) in [6.45, 7) is 13.3. The van der Waals surface area contributed by atoms with Crippen molar-refractivity contribution >= 4 is 28.4 Å². The van der Waals surface area contributed by atoms with Crippen LogP contribution in [0.25, 0.3) is 10.9 Å². The van der Waals surface area contributed by atoms with Gasteiger partial charge in [0.1, 0.15) is 5.60 Å². The third-order valence-corrected chi connectivity index (χ3v) is 4.83. The smallest absolute Gasteiger partial charge is 0.408 e. The highest BCUT2D eigenvalue weighted by atomic mass is 16.6. The second-order valence-electron chi connectivity index (χ2n) is 9.00. The zero-order chi connectivity index (χ0) is 20.0. The Morgan fingerprint density at radius 3 is 2.70 bits per heavy atom. The van der Waals surface area contributed by atoms with Crippen molar-refractivity contribution in [2.75, 3.05) is 23.7 Å². The number of alkyl carbamates (subject to hydrolysis) is 1. The van der Waals surface area contributed by atoms with Crippen LogP contribution in [0.5, 0.6) is 0 Å². The largest absolute Gasteiger partial charge is 0.444 e. The Hall–Kier alpha value is -2.44. The monoisotopic (exact) mass is 373 g/mol. The van der Waals surface area contributed by atoms with Gasteiger partial charge in [0.15, 0.2) is 0 Å². The van der Waals surface area contributed by atoms with E-state index in [4.69, 9.17) is 10.5 Å². The van der Waals surface area contributed by atoms with E-state index in [0.717, 1.165) is 35.2 Å². The first-order chi connectivity index (χ1) is 12.5. The van der Waals surface area contributed by atoms with Gasteiger partial charge >= 0.3 is 6.09 Å². The first-order valence-electron chi connectivity index (χ1n) is 9.51. The van der Waals surface area contributed by atoms with E-state index in [1.807, 2.05) is 44.5 Å². The maximum Gasteiger partial charge on any atom is 0.408 e. The Bertz CT molecular complexity index is 852. The summed E-state index contributed by atoms with van der Waals surface area (Å²) in [6, 6.07) is 4.15. The Morgan fingerprint density at radius 1 is 1.37 bits per heavy atom. The fraction of sp³-hybridized carbons (Fsp3) is 0.600. The van der Waals surface area contributed by atoms with Crippen molar-refractivity contribution in [1.29, 1.82) is 0 Å². The summed E-state index contributed by atoms with van der Waals surface area (Å²) in [4.78, 5) is 14.5. The van der Waals surface area contributed by atoms with Crippen molar-refractivity contribution in [2.24, 2.45) is 0 Å². The van der Waals surface area contributed by atoms with Crippen LogP contribution in [0.3, 0.4) is 0 Å². The Morgan fingerprint density at radius 2 is 2.07 bits per heavy atom. The maximum absolute atomic E-state index is 12.2. The van der Waals surface area contributed by atoms with Crippen LogP contribution in [-0.4, -0.2) is 40.1 Å². The van der Waals surface area contributed by atoms with E-state index in [1.54, 1.807) is 0 Å². The van der Waals surface area contributed by atoms with Crippen LogP contribution in [0.15, 0.2) is 18.3 Å². The third kappa shape index (κ3) is 4.12. The average Bonchev–Trinajstić information content (AvgIpc) is 3.09. The first kappa shape index (κ1) is 19.3. The molecule has 1 aromatic heterocycles. The van der Waals surface area contributed by atoms with Crippen LogP contribution in [0, 0.1) is 0 Å². The average molecular weight is 374 g/mol. The van der Waals surface area contributed by atoms with Crippen molar-refractivity contribution in [3.63, 3.8) is 0 Å². The minimum atomic E-state index is -0.514. The molecule has 148 valence electrons. The van der Waals surface area contributed by atoms with Gasteiger partial charge in [0.25, 0.3) is 0 Å². The van der Waals surface area contributed by atoms with E-state index in [-0.39, 0.29) is 17.7 Å². The SMILES string of the molecule is CC(C)n1cc2c(N3CC[C@@](C)(NC(=O)OC(C)(C)C)C3)c(N)ccc2n1. The van der Waals surface area contributed by atoms with Gasteiger partial charge in [-0.05, 0) is 60.1 Å². The number of anilines is 2. The lowest BCUT2D eigenvalue weighted by molar-refractivity contribution is 0.0473. The van der Waals surface area contributed by atoms with E-state index in [1.165, 1.54) is 0 Å². The number of nitrogens with zero attached hydrogens (tertiary/aromatic N) is 3. The normalized spacial score (nSPS) is 20.5. The summed E-state index contributed by atoms with van der Waals surface area (Å²) in [7, 11) is 0. The highest BCUT2D eigenvalue weighted by Crippen LogP contribution is 2.37. The lowest BCUT2D eigenvalue weighted by Gasteiger charge is -2.29. The molecule has 0 spiro atoms. The molecule has 7 heteroatoms. The molecule has 0 saturated carbocycles. The molecule has 2 aromatic rings. The minimum Gasteiger partial charge on any atom is -0.444 e. The van der Waals surface area contributed by atoms with Crippen molar-refractivity contribution in [1.82, 2.24) is 15.1 Å². The number of carbonyl (C=O) groups excluding carboxylic acids is 1. The van der Waals surface area contributed by atoms with Gasteiger partial charge in [-0.25, -0.2) is 4.79 Å². The fourth-order valence-corrected chi connectivity index (χ4v) is 3.54. The van der Waals surface area contributed by atoms with Gasteiger partial charge in [0.2, 0.25) is 0 Å². The number of rotatable bonds is 3. The molecule has 0 unspecified atom stereocenters. The number of aromatic nitrogens is 2. The summed E-state index contributed by atoms with van der Waals surface area (Å²) in [5, 5.41) is 8.74. The molecule has 7 nitrogen and oxygen atoms in total. The molecule has 1 aliphatic heterocycles. The summed E-state index contributed by atoms with van der Waals surface area (Å²) in [5.41, 5.74) is 8.11. The van der Waals surface area contributed by atoms with Gasteiger partial charge in [-0.15, -0.1) is 0 Å². The quantitative estimate of drug-likeness (QED) is 0.802. The maximum atomic E-state index is 12.2. The van der Waals surface area contributed by atoms with Gasteiger partial charge < -0.3 is 20.7 Å². The zero-order valence-electron chi connectivity index (χ0n) is 17.2.